The summed E-state index contributed by atoms with van der Waals surface area (Å²) in [7, 11) is -3.44. The zero-order chi connectivity index (χ0) is 18.1. The number of morpholine rings is 1. The summed E-state index contributed by atoms with van der Waals surface area (Å²) >= 11 is 0. The van der Waals surface area contributed by atoms with Crippen molar-refractivity contribution in [2.24, 2.45) is 0 Å². The van der Waals surface area contributed by atoms with Crippen molar-refractivity contribution in [2.75, 3.05) is 39.3 Å². The van der Waals surface area contributed by atoms with Crippen LogP contribution in [0.1, 0.15) is 32.3 Å². The molecule has 1 atom stereocenters. The van der Waals surface area contributed by atoms with Gasteiger partial charge in [-0.25, -0.2) is 0 Å². The molecule has 0 saturated carbocycles. The quantitative estimate of drug-likeness (QED) is 0.684. The van der Waals surface area contributed by atoms with E-state index >= 15 is 0 Å². The average molecular weight is 370 g/mol. The van der Waals surface area contributed by atoms with Gasteiger partial charge in [-0.1, -0.05) is 44.2 Å². The minimum absolute atomic E-state index is 0.114. The van der Waals surface area contributed by atoms with Crippen molar-refractivity contribution in [1.29, 1.82) is 0 Å². The molecule has 1 saturated heterocycles. The molecule has 0 aliphatic carbocycles. The molecule has 1 N–H and O–H groups in total. The summed E-state index contributed by atoms with van der Waals surface area (Å²) in [6.07, 6.45) is 1.51. The number of nitrogens with zero attached hydrogens (tertiary/aromatic N) is 2. The molecule has 0 radical (unpaired) electrons. The molecular weight excluding hydrogens is 338 g/mol. The number of rotatable bonds is 10. The Morgan fingerprint density at radius 1 is 1.20 bits per heavy atom. The monoisotopic (exact) mass is 369 g/mol. The van der Waals surface area contributed by atoms with Crippen LogP contribution in [-0.2, 0) is 21.5 Å². The van der Waals surface area contributed by atoms with E-state index in [1.807, 2.05) is 32.0 Å². The van der Waals surface area contributed by atoms with Gasteiger partial charge in [0.15, 0.2) is 0 Å². The van der Waals surface area contributed by atoms with Gasteiger partial charge in [0.05, 0.1) is 12.7 Å². The van der Waals surface area contributed by atoms with E-state index in [1.54, 1.807) is 0 Å². The molecule has 1 aromatic rings. The fourth-order valence-electron chi connectivity index (χ4n) is 3.03. The van der Waals surface area contributed by atoms with E-state index in [0.717, 1.165) is 32.5 Å². The smallest absolute Gasteiger partial charge is 0.279 e. The zero-order valence-corrected chi connectivity index (χ0v) is 16.2. The van der Waals surface area contributed by atoms with Crippen LogP contribution in [0.4, 0.5) is 0 Å². The minimum atomic E-state index is -3.44. The summed E-state index contributed by atoms with van der Waals surface area (Å²) in [5, 5.41) is 0. The third-order valence-corrected chi connectivity index (χ3v) is 5.83. The highest BCUT2D eigenvalue weighted by Crippen LogP contribution is 2.11. The minimum Gasteiger partial charge on any atom is -0.374 e. The molecule has 0 amide bonds. The summed E-state index contributed by atoms with van der Waals surface area (Å²) in [5.74, 6) is 0. The van der Waals surface area contributed by atoms with E-state index in [9.17, 15) is 8.42 Å². The Balaban J connectivity index is 1.85. The van der Waals surface area contributed by atoms with Crippen molar-refractivity contribution < 1.29 is 13.2 Å². The van der Waals surface area contributed by atoms with E-state index in [1.165, 1.54) is 9.87 Å². The highest BCUT2D eigenvalue weighted by atomic mass is 32.2. The fraction of sp³-hybridized carbons (Fsp3) is 0.667. The van der Waals surface area contributed by atoms with E-state index < -0.39 is 10.2 Å². The number of hydrogen-bond acceptors (Lipinski definition) is 4. The predicted octanol–water partition coefficient (Wildman–Crippen LogP) is 1.84. The van der Waals surface area contributed by atoms with Crippen LogP contribution in [0.2, 0.25) is 0 Å². The van der Waals surface area contributed by atoms with Crippen molar-refractivity contribution in [3.63, 3.8) is 0 Å². The van der Waals surface area contributed by atoms with Gasteiger partial charge in [-0.05, 0) is 18.4 Å². The summed E-state index contributed by atoms with van der Waals surface area (Å²) in [5.41, 5.74) is 1.26. The lowest BCUT2D eigenvalue weighted by Crippen LogP contribution is -2.49. The first-order valence-electron chi connectivity index (χ1n) is 9.17. The molecule has 0 spiro atoms. The van der Waals surface area contributed by atoms with Gasteiger partial charge in [0, 0.05) is 39.3 Å². The normalized spacial score (nSPS) is 19.4. The first kappa shape index (κ1) is 20.3. The van der Waals surface area contributed by atoms with Crippen molar-refractivity contribution in [1.82, 2.24) is 13.9 Å². The van der Waals surface area contributed by atoms with Crippen LogP contribution in [0, 0.1) is 0 Å². The number of benzene rings is 1. The molecule has 1 aromatic carbocycles. The van der Waals surface area contributed by atoms with Crippen LogP contribution in [0.25, 0.3) is 0 Å². The second-order valence-corrected chi connectivity index (χ2v) is 8.22. The topological polar surface area (TPSA) is 61.9 Å². The first-order valence-corrected chi connectivity index (χ1v) is 10.6. The van der Waals surface area contributed by atoms with Crippen molar-refractivity contribution in [3.05, 3.63) is 35.9 Å². The molecule has 142 valence electrons. The van der Waals surface area contributed by atoms with Gasteiger partial charge < -0.3 is 4.74 Å². The SMILES string of the molecule is CCCN(CCC)S(=O)(=O)NC[C@@H]1CN(Cc2ccccc2)CCO1. The molecule has 6 nitrogen and oxygen atoms in total. The number of ether oxygens (including phenoxy) is 1. The van der Waals surface area contributed by atoms with E-state index in [0.29, 0.717) is 26.2 Å². The molecular formula is C18H31N3O3S. The molecule has 1 aliphatic rings. The van der Waals surface area contributed by atoms with Crippen molar-refractivity contribution in [2.45, 2.75) is 39.3 Å². The van der Waals surface area contributed by atoms with E-state index in [2.05, 4.69) is 21.8 Å². The largest absolute Gasteiger partial charge is 0.374 e. The maximum absolute atomic E-state index is 12.5. The Morgan fingerprint density at radius 2 is 1.88 bits per heavy atom. The van der Waals surface area contributed by atoms with Crippen LogP contribution in [-0.4, -0.2) is 63.1 Å². The number of hydrogen-bond donors (Lipinski definition) is 1. The molecule has 1 heterocycles. The van der Waals surface area contributed by atoms with Crippen LogP contribution in [0.5, 0.6) is 0 Å². The van der Waals surface area contributed by atoms with Gasteiger partial charge >= 0.3 is 0 Å². The first-order chi connectivity index (χ1) is 12.0. The van der Waals surface area contributed by atoms with Crippen LogP contribution in [0.3, 0.4) is 0 Å². The summed E-state index contributed by atoms with van der Waals surface area (Å²) in [6, 6.07) is 10.3. The Morgan fingerprint density at radius 3 is 2.52 bits per heavy atom. The number of nitrogens with one attached hydrogen (secondary N) is 1. The summed E-state index contributed by atoms with van der Waals surface area (Å²) < 4.78 is 35.0. The van der Waals surface area contributed by atoms with Crippen molar-refractivity contribution in [3.8, 4) is 0 Å². The molecule has 1 fully saturated rings. The molecule has 1 aliphatic heterocycles. The Labute approximate surface area is 152 Å². The van der Waals surface area contributed by atoms with Crippen LogP contribution >= 0.6 is 0 Å². The highest BCUT2D eigenvalue weighted by Gasteiger charge is 2.25. The third-order valence-electron chi connectivity index (χ3n) is 4.25. The highest BCUT2D eigenvalue weighted by molar-refractivity contribution is 7.87. The Bertz CT molecular complexity index is 589. The lowest BCUT2D eigenvalue weighted by molar-refractivity contribution is -0.0278. The second-order valence-electron chi connectivity index (χ2n) is 6.47. The molecule has 2 rings (SSSR count). The van der Waals surface area contributed by atoms with Gasteiger partial charge in [-0.2, -0.15) is 17.4 Å². The van der Waals surface area contributed by atoms with Crippen LogP contribution in [0.15, 0.2) is 30.3 Å². The van der Waals surface area contributed by atoms with Gasteiger partial charge in [0.2, 0.25) is 0 Å². The average Bonchev–Trinajstić information content (AvgIpc) is 2.61. The summed E-state index contributed by atoms with van der Waals surface area (Å²) in [4.78, 5) is 2.31. The second kappa shape index (κ2) is 10.2. The Hall–Kier alpha value is -0.990. The maximum Gasteiger partial charge on any atom is 0.279 e. The van der Waals surface area contributed by atoms with E-state index in [-0.39, 0.29) is 6.10 Å². The molecule has 0 unspecified atom stereocenters. The van der Waals surface area contributed by atoms with Crippen molar-refractivity contribution >= 4 is 10.2 Å². The molecule has 0 bridgehead atoms. The van der Waals surface area contributed by atoms with Crippen LogP contribution < -0.4 is 4.72 Å². The lowest BCUT2D eigenvalue weighted by Gasteiger charge is -2.33. The van der Waals surface area contributed by atoms with Gasteiger partial charge in [-0.3, -0.25) is 4.90 Å². The molecule has 25 heavy (non-hydrogen) atoms. The molecule has 0 aromatic heterocycles. The third kappa shape index (κ3) is 6.67. The van der Waals surface area contributed by atoms with Gasteiger partial charge in [-0.15, -0.1) is 0 Å². The maximum atomic E-state index is 12.5. The standard InChI is InChI=1S/C18H31N3O3S/c1-3-10-21(11-4-2)25(22,23)19-14-18-16-20(12-13-24-18)15-17-8-6-5-7-9-17/h5-9,18-19H,3-4,10-16H2,1-2H3/t18-/m1/s1. The van der Waals surface area contributed by atoms with Gasteiger partial charge in [0.25, 0.3) is 10.2 Å². The zero-order valence-electron chi connectivity index (χ0n) is 15.4. The van der Waals surface area contributed by atoms with Gasteiger partial charge in [0.1, 0.15) is 0 Å². The summed E-state index contributed by atoms with van der Waals surface area (Å²) in [6.45, 7) is 8.50. The lowest BCUT2D eigenvalue weighted by atomic mass is 10.2. The molecule has 7 heteroatoms. The van der Waals surface area contributed by atoms with E-state index in [4.69, 9.17) is 4.74 Å². The Kier molecular flexibility index (Phi) is 8.32. The fourth-order valence-corrected chi connectivity index (χ4v) is 4.45. The predicted molar refractivity (Wildman–Crippen MR) is 101 cm³/mol.